The number of esters is 1. The number of nitrogens with zero attached hydrogens (tertiary/aromatic N) is 1. The predicted molar refractivity (Wildman–Crippen MR) is 58.6 cm³/mol. The Morgan fingerprint density at radius 3 is 2.94 bits per heavy atom. The SMILES string of the molecule is COC(=O)C1COCN1Cc1ccccc1. The van der Waals surface area contributed by atoms with Gasteiger partial charge in [0, 0.05) is 6.54 Å². The Bertz CT molecular complexity index is 353. The van der Waals surface area contributed by atoms with Gasteiger partial charge in [-0.1, -0.05) is 30.3 Å². The summed E-state index contributed by atoms with van der Waals surface area (Å²) in [5.74, 6) is -0.228. The van der Waals surface area contributed by atoms with Crippen LogP contribution in [-0.4, -0.2) is 37.4 Å². The molecule has 1 aromatic carbocycles. The summed E-state index contributed by atoms with van der Waals surface area (Å²) in [6.45, 7) is 1.61. The van der Waals surface area contributed by atoms with Crippen LogP contribution in [0.1, 0.15) is 5.56 Å². The Kier molecular flexibility index (Phi) is 3.54. The van der Waals surface area contributed by atoms with E-state index in [1.165, 1.54) is 12.7 Å². The molecule has 4 nitrogen and oxygen atoms in total. The van der Waals surface area contributed by atoms with E-state index in [1.54, 1.807) is 0 Å². The van der Waals surface area contributed by atoms with Gasteiger partial charge in [-0.3, -0.25) is 9.69 Å². The maximum Gasteiger partial charge on any atom is 0.325 e. The first-order chi connectivity index (χ1) is 7.81. The molecular weight excluding hydrogens is 206 g/mol. The molecule has 86 valence electrons. The van der Waals surface area contributed by atoms with E-state index in [-0.39, 0.29) is 12.0 Å². The third-order valence-corrected chi connectivity index (χ3v) is 2.68. The molecule has 4 heteroatoms. The van der Waals surface area contributed by atoms with Crippen molar-refractivity contribution < 1.29 is 14.3 Å². The summed E-state index contributed by atoms with van der Waals surface area (Å²) in [5, 5.41) is 0. The molecule has 1 atom stereocenters. The van der Waals surface area contributed by atoms with Gasteiger partial charge in [-0.15, -0.1) is 0 Å². The van der Waals surface area contributed by atoms with Crippen LogP contribution in [0.15, 0.2) is 30.3 Å². The number of rotatable bonds is 3. The summed E-state index contributed by atoms with van der Waals surface area (Å²) < 4.78 is 10.0. The maximum absolute atomic E-state index is 11.5. The van der Waals surface area contributed by atoms with Crippen LogP contribution in [0.3, 0.4) is 0 Å². The maximum atomic E-state index is 11.5. The van der Waals surface area contributed by atoms with Crippen LogP contribution >= 0.6 is 0 Å². The molecule has 0 aliphatic carbocycles. The quantitative estimate of drug-likeness (QED) is 0.714. The van der Waals surface area contributed by atoms with Crippen LogP contribution < -0.4 is 0 Å². The van der Waals surface area contributed by atoms with Gasteiger partial charge in [0.25, 0.3) is 0 Å². The Balaban J connectivity index is 2.01. The van der Waals surface area contributed by atoms with Gasteiger partial charge >= 0.3 is 5.97 Å². The standard InChI is InChI=1S/C12H15NO3/c1-15-12(14)11-8-16-9-13(11)7-10-5-3-2-4-6-10/h2-6,11H,7-9H2,1H3. The van der Waals surface area contributed by atoms with Gasteiger partial charge in [0.2, 0.25) is 0 Å². The topological polar surface area (TPSA) is 38.8 Å². The first kappa shape index (κ1) is 11.1. The molecule has 0 amide bonds. The second-order valence-electron chi connectivity index (χ2n) is 3.77. The number of hydrogen-bond acceptors (Lipinski definition) is 4. The van der Waals surface area contributed by atoms with E-state index in [0.29, 0.717) is 19.9 Å². The highest BCUT2D eigenvalue weighted by Crippen LogP contribution is 2.15. The van der Waals surface area contributed by atoms with E-state index in [4.69, 9.17) is 9.47 Å². The van der Waals surface area contributed by atoms with Crippen molar-refractivity contribution in [2.45, 2.75) is 12.6 Å². The van der Waals surface area contributed by atoms with Gasteiger partial charge in [0.1, 0.15) is 12.8 Å². The van der Waals surface area contributed by atoms with Crippen molar-refractivity contribution in [1.82, 2.24) is 4.90 Å². The lowest BCUT2D eigenvalue weighted by Crippen LogP contribution is -2.38. The zero-order valence-electron chi connectivity index (χ0n) is 9.26. The molecular formula is C12H15NO3. The molecule has 16 heavy (non-hydrogen) atoms. The van der Waals surface area contributed by atoms with Crippen LogP contribution in [0.5, 0.6) is 0 Å². The lowest BCUT2D eigenvalue weighted by atomic mass is 10.2. The number of ether oxygens (including phenoxy) is 2. The van der Waals surface area contributed by atoms with Gasteiger partial charge in [-0.25, -0.2) is 0 Å². The average Bonchev–Trinajstić information content (AvgIpc) is 2.77. The Hall–Kier alpha value is -1.39. The fraction of sp³-hybridized carbons (Fsp3) is 0.417. The number of methoxy groups -OCH3 is 1. The molecule has 2 rings (SSSR count). The van der Waals surface area contributed by atoms with E-state index in [1.807, 2.05) is 35.2 Å². The summed E-state index contributed by atoms with van der Waals surface area (Å²) in [4.78, 5) is 13.4. The average molecular weight is 221 g/mol. The molecule has 0 saturated carbocycles. The van der Waals surface area contributed by atoms with E-state index in [9.17, 15) is 4.79 Å². The third kappa shape index (κ3) is 2.40. The highest BCUT2D eigenvalue weighted by molar-refractivity contribution is 5.76. The molecule has 1 saturated heterocycles. The predicted octanol–water partition coefficient (Wildman–Crippen LogP) is 1.02. The summed E-state index contributed by atoms with van der Waals surface area (Å²) >= 11 is 0. The third-order valence-electron chi connectivity index (χ3n) is 2.68. The molecule has 1 heterocycles. The molecule has 0 N–H and O–H groups in total. The van der Waals surface area contributed by atoms with Crippen molar-refractivity contribution in [1.29, 1.82) is 0 Å². The number of hydrogen-bond donors (Lipinski definition) is 0. The first-order valence-electron chi connectivity index (χ1n) is 5.25. The zero-order valence-corrected chi connectivity index (χ0v) is 9.26. The summed E-state index contributed by atoms with van der Waals surface area (Å²) in [6.07, 6.45) is 0. The molecule has 1 aliphatic heterocycles. The Morgan fingerprint density at radius 2 is 2.25 bits per heavy atom. The van der Waals surface area contributed by atoms with Crippen molar-refractivity contribution in [2.24, 2.45) is 0 Å². The van der Waals surface area contributed by atoms with Gasteiger partial charge in [-0.2, -0.15) is 0 Å². The monoisotopic (exact) mass is 221 g/mol. The van der Waals surface area contributed by atoms with Gasteiger partial charge < -0.3 is 9.47 Å². The van der Waals surface area contributed by atoms with Crippen LogP contribution in [0.25, 0.3) is 0 Å². The Morgan fingerprint density at radius 1 is 1.50 bits per heavy atom. The van der Waals surface area contributed by atoms with E-state index >= 15 is 0 Å². The minimum atomic E-state index is -0.273. The fourth-order valence-electron chi connectivity index (χ4n) is 1.80. The molecule has 1 aromatic rings. The van der Waals surface area contributed by atoms with E-state index < -0.39 is 0 Å². The normalized spacial score (nSPS) is 20.9. The van der Waals surface area contributed by atoms with Crippen molar-refractivity contribution >= 4 is 5.97 Å². The largest absolute Gasteiger partial charge is 0.468 e. The summed E-state index contributed by atoms with van der Waals surface area (Å²) in [5.41, 5.74) is 1.17. The van der Waals surface area contributed by atoms with Crippen molar-refractivity contribution in [2.75, 3.05) is 20.4 Å². The highest BCUT2D eigenvalue weighted by Gasteiger charge is 2.32. The second kappa shape index (κ2) is 5.09. The van der Waals surface area contributed by atoms with Crippen LogP contribution in [-0.2, 0) is 20.8 Å². The van der Waals surface area contributed by atoms with Crippen molar-refractivity contribution in [3.63, 3.8) is 0 Å². The number of carbonyl (C=O) groups is 1. The number of benzene rings is 1. The second-order valence-corrected chi connectivity index (χ2v) is 3.77. The highest BCUT2D eigenvalue weighted by atomic mass is 16.5. The minimum Gasteiger partial charge on any atom is -0.468 e. The van der Waals surface area contributed by atoms with Gasteiger partial charge in [0.05, 0.1) is 13.7 Å². The van der Waals surface area contributed by atoms with Crippen LogP contribution in [0.4, 0.5) is 0 Å². The molecule has 1 unspecified atom stereocenters. The summed E-state index contributed by atoms with van der Waals surface area (Å²) in [7, 11) is 1.40. The molecule has 0 radical (unpaired) electrons. The zero-order chi connectivity index (χ0) is 11.4. The molecule has 0 spiro atoms. The van der Waals surface area contributed by atoms with Crippen LogP contribution in [0.2, 0.25) is 0 Å². The first-order valence-corrected chi connectivity index (χ1v) is 5.25. The van der Waals surface area contributed by atoms with Gasteiger partial charge in [-0.05, 0) is 5.56 Å². The lowest BCUT2D eigenvalue weighted by Gasteiger charge is -2.19. The molecule has 1 aliphatic rings. The minimum absolute atomic E-state index is 0.228. The smallest absolute Gasteiger partial charge is 0.325 e. The molecule has 0 bridgehead atoms. The Labute approximate surface area is 94.8 Å². The van der Waals surface area contributed by atoms with E-state index in [2.05, 4.69) is 0 Å². The van der Waals surface area contributed by atoms with Gasteiger partial charge in [0.15, 0.2) is 0 Å². The van der Waals surface area contributed by atoms with Crippen LogP contribution in [0, 0.1) is 0 Å². The fourth-order valence-corrected chi connectivity index (χ4v) is 1.80. The molecule has 1 fully saturated rings. The van der Waals surface area contributed by atoms with Crippen molar-refractivity contribution in [3.8, 4) is 0 Å². The summed E-state index contributed by atoms with van der Waals surface area (Å²) in [6, 6.07) is 9.74. The van der Waals surface area contributed by atoms with Crippen molar-refractivity contribution in [3.05, 3.63) is 35.9 Å². The molecule has 0 aromatic heterocycles. The van der Waals surface area contributed by atoms with E-state index in [0.717, 1.165) is 0 Å². The lowest BCUT2D eigenvalue weighted by molar-refractivity contribution is -0.145. The number of carbonyl (C=O) groups excluding carboxylic acids is 1.